The van der Waals surface area contributed by atoms with Gasteiger partial charge < -0.3 is 0 Å². The van der Waals surface area contributed by atoms with Crippen LogP contribution in [0.2, 0.25) is 0 Å². The molecule has 0 unspecified atom stereocenters. The third kappa shape index (κ3) is 2.80. The van der Waals surface area contributed by atoms with E-state index in [-0.39, 0.29) is 5.92 Å². The number of hydrogen-bond donors (Lipinski definition) is 0. The molecule has 1 heteroatoms. The minimum atomic E-state index is 0.211. The largest absolute Gasteiger partial charge is 0.294 e. The van der Waals surface area contributed by atoms with E-state index in [4.69, 9.17) is 0 Å². The first-order chi connectivity index (χ1) is 9.34. The summed E-state index contributed by atoms with van der Waals surface area (Å²) in [5.41, 5.74) is 3.89. The Morgan fingerprint density at radius 3 is 2.37 bits per heavy atom. The fourth-order valence-corrected chi connectivity index (χ4v) is 3.42. The second kappa shape index (κ2) is 5.73. The zero-order valence-corrected chi connectivity index (χ0v) is 11.5. The molecule has 1 aromatic rings. The predicted molar refractivity (Wildman–Crippen MR) is 78.1 cm³/mol. The SMILES string of the molecule is O=C(/C1=C/CCCCCC1)C1Cc2ccccc2C1. The van der Waals surface area contributed by atoms with E-state index >= 15 is 0 Å². The van der Waals surface area contributed by atoms with E-state index in [0.29, 0.717) is 5.78 Å². The number of hydrogen-bond acceptors (Lipinski definition) is 1. The van der Waals surface area contributed by atoms with Crippen LogP contribution in [0.3, 0.4) is 0 Å². The zero-order valence-electron chi connectivity index (χ0n) is 11.5. The van der Waals surface area contributed by atoms with Gasteiger partial charge in [0.1, 0.15) is 0 Å². The van der Waals surface area contributed by atoms with Crippen LogP contribution in [0.5, 0.6) is 0 Å². The Labute approximate surface area is 115 Å². The highest BCUT2D eigenvalue weighted by Gasteiger charge is 2.28. The van der Waals surface area contributed by atoms with Crippen LogP contribution in [0.25, 0.3) is 0 Å². The monoisotopic (exact) mass is 254 g/mol. The highest BCUT2D eigenvalue weighted by molar-refractivity contribution is 5.97. The molecule has 2 aliphatic carbocycles. The molecule has 0 atom stereocenters. The van der Waals surface area contributed by atoms with Crippen LogP contribution in [0, 0.1) is 5.92 Å². The molecular formula is C18H22O. The molecule has 0 spiro atoms. The molecule has 3 rings (SSSR count). The van der Waals surface area contributed by atoms with E-state index in [1.807, 2.05) is 0 Å². The molecule has 0 aromatic heterocycles. The molecule has 0 radical (unpaired) electrons. The van der Waals surface area contributed by atoms with E-state index < -0.39 is 0 Å². The van der Waals surface area contributed by atoms with Gasteiger partial charge in [-0.15, -0.1) is 0 Å². The van der Waals surface area contributed by atoms with Crippen LogP contribution in [0.15, 0.2) is 35.9 Å². The third-order valence-electron chi connectivity index (χ3n) is 4.53. The van der Waals surface area contributed by atoms with Gasteiger partial charge in [-0.2, -0.15) is 0 Å². The lowest BCUT2D eigenvalue weighted by Crippen LogP contribution is -2.17. The normalized spacial score (nSPS) is 23.1. The average Bonchev–Trinajstić information content (AvgIpc) is 2.81. The van der Waals surface area contributed by atoms with Crippen molar-refractivity contribution >= 4 is 5.78 Å². The summed E-state index contributed by atoms with van der Waals surface area (Å²) in [5, 5.41) is 0. The molecule has 0 heterocycles. The Kier molecular flexibility index (Phi) is 3.82. The Bertz CT molecular complexity index is 473. The number of rotatable bonds is 2. The van der Waals surface area contributed by atoms with Crippen molar-refractivity contribution in [3.8, 4) is 0 Å². The first kappa shape index (κ1) is 12.7. The van der Waals surface area contributed by atoms with Crippen LogP contribution < -0.4 is 0 Å². The van der Waals surface area contributed by atoms with Gasteiger partial charge in [0.05, 0.1) is 0 Å². The number of carbonyl (C=O) groups is 1. The lowest BCUT2D eigenvalue weighted by Gasteiger charge is -2.14. The fourth-order valence-electron chi connectivity index (χ4n) is 3.42. The van der Waals surface area contributed by atoms with Crippen molar-refractivity contribution in [2.75, 3.05) is 0 Å². The van der Waals surface area contributed by atoms with E-state index in [9.17, 15) is 4.79 Å². The summed E-state index contributed by atoms with van der Waals surface area (Å²) in [6.45, 7) is 0. The summed E-state index contributed by atoms with van der Waals surface area (Å²) < 4.78 is 0. The fraction of sp³-hybridized carbons (Fsp3) is 0.500. The van der Waals surface area contributed by atoms with E-state index in [1.165, 1.54) is 36.8 Å². The Morgan fingerprint density at radius 1 is 0.947 bits per heavy atom. The van der Waals surface area contributed by atoms with Crippen LogP contribution in [-0.2, 0) is 17.6 Å². The van der Waals surface area contributed by atoms with Gasteiger partial charge in [0.2, 0.25) is 0 Å². The van der Waals surface area contributed by atoms with Crippen molar-refractivity contribution in [2.24, 2.45) is 5.92 Å². The molecule has 0 saturated heterocycles. The minimum absolute atomic E-state index is 0.211. The van der Waals surface area contributed by atoms with Crippen molar-refractivity contribution in [1.82, 2.24) is 0 Å². The van der Waals surface area contributed by atoms with E-state index in [0.717, 1.165) is 31.3 Å². The van der Waals surface area contributed by atoms with Gasteiger partial charge in [0.15, 0.2) is 5.78 Å². The van der Waals surface area contributed by atoms with E-state index in [2.05, 4.69) is 30.3 Å². The summed E-state index contributed by atoms with van der Waals surface area (Å²) in [6.07, 6.45) is 11.3. The van der Waals surface area contributed by atoms with Gasteiger partial charge in [0.25, 0.3) is 0 Å². The Morgan fingerprint density at radius 2 is 1.63 bits per heavy atom. The lowest BCUT2D eigenvalue weighted by molar-refractivity contribution is -0.119. The van der Waals surface area contributed by atoms with Crippen LogP contribution in [0.4, 0.5) is 0 Å². The second-order valence-electron chi connectivity index (χ2n) is 5.92. The zero-order chi connectivity index (χ0) is 13.1. The molecule has 0 amide bonds. The van der Waals surface area contributed by atoms with Gasteiger partial charge in [0, 0.05) is 5.92 Å². The highest BCUT2D eigenvalue weighted by Crippen LogP contribution is 2.30. The van der Waals surface area contributed by atoms with Gasteiger partial charge in [-0.1, -0.05) is 43.2 Å². The average molecular weight is 254 g/mol. The van der Waals surface area contributed by atoms with Crippen LogP contribution in [0.1, 0.15) is 49.7 Å². The van der Waals surface area contributed by atoms with Gasteiger partial charge >= 0.3 is 0 Å². The van der Waals surface area contributed by atoms with Gasteiger partial charge in [-0.05, 0) is 55.2 Å². The van der Waals surface area contributed by atoms with Crippen molar-refractivity contribution in [3.05, 3.63) is 47.0 Å². The van der Waals surface area contributed by atoms with Crippen LogP contribution >= 0.6 is 0 Å². The molecule has 0 N–H and O–H groups in total. The number of benzene rings is 1. The van der Waals surface area contributed by atoms with Gasteiger partial charge in [-0.25, -0.2) is 0 Å². The number of ketones is 1. The topological polar surface area (TPSA) is 17.1 Å². The summed E-state index contributed by atoms with van der Waals surface area (Å²) in [5.74, 6) is 0.640. The summed E-state index contributed by atoms with van der Waals surface area (Å²) in [6, 6.07) is 8.52. The number of Topliss-reactive ketones (excluding diaryl/α,β-unsaturated/α-hetero) is 1. The number of fused-ring (bicyclic) bond motifs is 1. The molecule has 0 fully saturated rings. The molecule has 1 aromatic carbocycles. The summed E-state index contributed by atoms with van der Waals surface area (Å²) in [4.78, 5) is 12.7. The van der Waals surface area contributed by atoms with Crippen molar-refractivity contribution in [3.63, 3.8) is 0 Å². The molecule has 2 aliphatic rings. The Balaban J connectivity index is 1.72. The first-order valence-corrected chi connectivity index (χ1v) is 7.64. The van der Waals surface area contributed by atoms with E-state index in [1.54, 1.807) is 0 Å². The second-order valence-corrected chi connectivity index (χ2v) is 5.92. The molecule has 1 nitrogen and oxygen atoms in total. The number of allylic oxidation sites excluding steroid dienone is 2. The maximum absolute atomic E-state index is 12.7. The highest BCUT2D eigenvalue weighted by atomic mass is 16.1. The molecular weight excluding hydrogens is 232 g/mol. The summed E-state index contributed by atoms with van der Waals surface area (Å²) >= 11 is 0. The molecule has 19 heavy (non-hydrogen) atoms. The molecule has 0 bridgehead atoms. The smallest absolute Gasteiger partial charge is 0.162 e. The van der Waals surface area contributed by atoms with Crippen molar-refractivity contribution in [1.29, 1.82) is 0 Å². The Hall–Kier alpha value is -1.37. The molecule has 100 valence electrons. The maximum atomic E-state index is 12.7. The lowest BCUT2D eigenvalue weighted by atomic mass is 9.89. The van der Waals surface area contributed by atoms with Crippen LogP contribution in [-0.4, -0.2) is 5.78 Å². The van der Waals surface area contributed by atoms with Crippen molar-refractivity contribution < 1.29 is 4.79 Å². The van der Waals surface area contributed by atoms with Crippen molar-refractivity contribution in [2.45, 2.75) is 51.4 Å². The van der Waals surface area contributed by atoms with Gasteiger partial charge in [-0.3, -0.25) is 4.79 Å². The summed E-state index contributed by atoms with van der Waals surface area (Å²) in [7, 11) is 0. The maximum Gasteiger partial charge on any atom is 0.162 e. The quantitative estimate of drug-likeness (QED) is 0.771. The standard InChI is InChI=1S/C18H22O/c19-18(14-8-4-2-1-3-5-9-14)17-12-15-10-6-7-11-16(15)13-17/h6-8,10-11,17H,1-5,9,12-13H2/b14-8+. The molecule has 0 saturated carbocycles. The minimum Gasteiger partial charge on any atom is -0.294 e. The predicted octanol–water partition coefficient (Wildman–Crippen LogP) is 4.25. The number of carbonyl (C=O) groups excluding carboxylic acids is 1. The molecule has 0 aliphatic heterocycles. The third-order valence-corrected chi connectivity index (χ3v) is 4.53. The first-order valence-electron chi connectivity index (χ1n) is 7.64.